The number of aliphatic imine (C=N–C) groups is 2. The summed E-state index contributed by atoms with van der Waals surface area (Å²) in [5.41, 5.74) is 3.12. The van der Waals surface area contributed by atoms with E-state index >= 15 is 0 Å². The molecule has 1 aromatic carbocycles. The molecule has 182 valence electrons. The number of benzene rings is 1. The number of allylic oxidation sites excluding steroid dienone is 3. The molecular formula is C25H27N5O5. The average Bonchev–Trinajstić information content (AvgIpc) is 3.15. The molecule has 0 saturated carbocycles. The number of amides is 1. The van der Waals surface area contributed by atoms with E-state index in [1.165, 1.54) is 5.52 Å². The molecule has 3 aliphatic rings. The van der Waals surface area contributed by atoms with Gasteiger partial charge in [0, 0.05) is 6.54 Å². The van der Waals surface area contributed by atoms with Crippen molar-refractivity contribution in [2.75, 3.05) is 19.6 Å². The number of nitrogens with zero attached hydrogens (tertiary/aromatic N) is 5. The molecule has 2 aromatic rings. The third-order valence-electron chi connectivity index (χ3n) is 6.31. The maximum Gasteiger partial charge on any atom is 0.414 e. The normalized spacial score (nSPS) is 20.0. The summed E-state index contributed by atoms with van der Waals surface area (Å²) in [6, 6.07) is 8.36. The lowest BCUT2D eigenvalue weighted by molar-refractivity contribution is -0.159. The van der Waals surface area contributed by atoms with Crippen LogP contribution in [0.1, 0.15) is 18.7 Å². The van der Waals surface area contributed by atoms with E-state index in [4.69, 9.17) is 24.8 Å². The number of hydrogen-bond acceptors (Lipinski definition) is 6. The van der Waals surface area contributed by atoms with Crippen molar-refractivity contribution in [3.05, 3.63) is 54.4 Å². The first-order valence-corrected chi connectivity index (χ1v) is 11.5. The summed E-state index contributed by atoms with van der Waals surface area (Å²) in [7, 11) is 0. The second kappa shape index (κ2) is 10.6. The number of rotatable bonds is 4. The largest absolute Gasteiger partial charge is 0.473 e. The first kappa shape index (κ1) is 24.2. The van der Waals surface area contributed by atoms with Gasteiger partial charge in [-0.2, -0.15) is 4.99 Å². The van der Waals surface area contributed by atoms with Crippen molar-refractivity contribution < 1.29 is 24.6 Å². The quantitative estimate of drug-likeness (QED) is 0.645. The Balaban J connectivity index is 0.000000431. The average molecular weight is 478 g/mol. The minimum Gasteiger partial charge on any atom is -0.473 e. The molecule has 0 bridgehead atoms. The van der Waals surface area contributed by atoms with Crippen LogP contribution >= 0.6 is 0 Å². The Labute approximate surface area is 202 Å². The van der Waals surface area contributed by atoms with Gasteiger partial charge in [-0.15, -0.1) is 0 Å². The van der Waals surface area contributed by atoms with Crippen molar-refractivity contribution in [2.45, 2.75) is 26.3 Å². The van der Waals surface area contributed by atoms with Gasteiger partial charge < -0.3 is 14.8 Å². The standard InChI is InChI=1S/C23H25N5O.C2H2O4/c1-16-24-20-8-4-5-9-21(20)28(16)14-17-10-12-27(13-11-17)15-22-25-19-7-3-2-6-18(19)23(29)26-22;3-1(4)2(5)6/h2-9,17-18H,10-15H2,1H3;(H,3,4)(H,5,6). The Morgan fingerprint density at radius 2 is 1.77 bits per heavy atom. The fourth-order valence-corrected chi connectivity index (χ4v) is 4.50. The van der Waals surface area contributed by atoms with Crippen molar-refractivity contribution >= 4 is 40.4 Å². The summed E-state index contributed by atoms with van der Waals surface area (Å²) >= 11 is 0. The molecule has 2 N–H and O–H groups in total. The Morgan fingerprint density at radius 1 is 1.06 bits per heavy atom. The summed E-state index contributed by atoms with van der Waals surface area (Å²) in [6.45, 7) is 5.77. The van der Waals surface area contributed by atoms with E-state index in [0.717, 1.165) is 49.5 Å². The van der Waals surface area contributed by atoms with Gasteiger partial charge in [0.2, 0.25) is 0 Å². The van der Waals surface area contributed by atoms with Gasteiger partial charge in [-0.05, 0) is 57.0 Å². The fraction of sp³-hybridized carbons (Fsp3) is 0.360. The Morgan fingerprint density at radius 3 is 2.49 bits per heavy atom. The molecule has 1 atom stereocenters. The van der Waals surface area contributed by atoms with Crippen molar-refractivity contribution in [1.29, 1.82) is 0 Å². The van der Waals surface area contributed by atoms with Crippen molar-refractivity contribution in [1.82, 2.24) is 14.5 Å². The maximum absolute atomic E-state index is 12.3. The number of likely N-dealkylation sites (tertiary alicyclic amines) is 1. The van der Waals surface area contributed by atoms with Gasteiger partial charge in [-0.1, -0.05) is 30.4 Å². The van der Waals surface area contributed by atoms with Crippen molar-refractivity contribution in [3.8, 4) is 0 Å². The number of hydrogen-bond donors (Lipinski definition) is 2. The van der Waals surface area contributed by atoms with Crippen LogP contribution in [0.3, 0.4) is 0 Å². The highest BCUT2D eigenvalue weighted by atomic mass is 16.4. The number of fused-ring (bicyclic) bond motifs is 2. The zero-order chi connectivity index (χ0) is 24.9. The van der Waals surface area contributed by atoms with Crippen LogP contribution in [0.15, 0.2) is 58.6 Å². The predicted molar refractivity (Wildman–Crippen MR) is 131 cm³/mol. The molecule has 0 spiro atoms. The van der Waals surface area contributed by atoms with Crippen LogP contribution in [-0.4, -0.2) is 73.7 Å². The van der Waals surface area contributed by atoms with Crippen LogP contribution in [0.4, 0.5) is 0 Å². The molecule has 10 nitrogen and oxygen atoms in total. The molecule has 2 aliphatic heterocycles. The molecule has 0 radical (unpaired) electrons. The number of para-hydroxylation sites is 2. The lowest BCUT2D eigenvalue weighted by Gasteiger charge is -2.32. The number of carbonyl (C=O) groups is 3. The van der Waals surface area contributed by atoms with Crippen LogP contribution in [-0.2, 0) is 20.9 Å². The highest BCUT2D eigenvalue weighted by molar-refractivity contribution is 6.27. The first-order valence-electron chi connectivity index (χ1n) is 11.5. The van der Waals surface area contributed by atoms with Crippen LogP contribution in [0.25, 0.3) is 11.0 Å². The zero-order valence-electron chi connectivity index (χ0n) is 19.4. The summed E-state index contributed by atoms with van der Waals surface area (Å²) in [4.78, 5) is 46.4. The maximum atomic E-state index is 12.3. The van der Waals surface area contributed by atoms with E-state index < -0.39 is 11.9 Å². The third kappa shape index (κ3) is 5.78. The smallest absolute Gasteiger partial charge is 0.414 e. The molecule has 1 aromatic heterocycles. The Bertz CT molecular complexity index is 1250. The van der Waals surface area contributed by atoms with Gasteiger partial charge in [0.25, 0.3) is 5.91 Å². The van der Waals surface area contributed by atoms with Gasteiger partial charge in [0.1, 0.15) is 17.6 Å². The van der Waals surface area contributed by atoms with E-state index in [0.29, 0.717) is 18.3 Å². The van der Waals surface area contributed by atoms with Gasteiger partial charge >= 0.3 is 11.9 Å². The molecular weight excluding hydrogens is 450 g/mol. The lowest BCUT2D eigenvalue weighted by atomic mass is 9.95. The molecule has 35 heavy (non-hydrogen) atoms. The third-order valence-corrected chi connectivity index (χ3v) is 6.31. The first-order chi connectivity index (χ1) is 16.8. The van der Waals surface area contributed by atoms with E-state index in [2.05, 4.69) is 44.6 Å². The van der Waals surface area contributed by atoms with Crippen LogP contribution < -0.4 is 0 Å². The molecule has 1 unspecified atom stereocenters. The molecule has 1 aliphatic carbocycles. The number of amidine groups is 1. The molecule has 5 rings (SSSR count). The van der Waals surface area contributed by atoms with Crippen molar-refractivity contribution in [3.63, 3.8) is 0 Å². The molecule has 1 fully saturated rings. The molecule has 3 heterocycles. The van der Waals surface area contributed by atoms with Crippen LogP contribution in [0, 0.1) is 18.8 Å². The van der Waals surface area contributed by atoms with Crippen LogP contribution in [0.2, 0.25) is 0 Å². The fourth-order valence-electron chi connectivity index (χ4n) is 4.50. The number of imidazole rings is 1. The second-order valence-electron chi connectivity index (χ2n) is 8.71. The zero-order valence-corrected chi connectivity index (χ0v) is 19.4. The number of aliphatic carboxylic acids is 2. The number of carbonyl (C=O) groups excluding carboxylic acids is 1. The van der Waals surface area contributed by atoms with Crippen LogP contribution in [0.5, 0.6) is 0 Å². The van der Waals surface area contributed by atoms with Gasteiger partial charge in [-0.3, -0.25) is 9.69 Å². The SMILES string of the molecule is Cc1nc2ccccc2n1CC1CCN(CC2=NC(=O)C3C=CC=CC3=N2)CC1.O=C(O)C(=O)O. The van der Waals surface area contributed by atoms with E-state index in [1.807, 2.05) is 30.4 Å². The summed E-state index contributed by atoms with van der Waals surface area (Å²) in [5.74, 6) is -1.66. The summed E-state index contributed by atoms with van der Waals surface area (Å²) in [6.07, 6.45) is 9.87. The van der Waals surface area contributed by atoms with Crippen molar-refractivity contribution in [2.24, 2.45) is 21.8 Å². The predicted octanol–water partition coefficient (Wildman–Crippen LogP) is 2.33. The van der Waals surface area contributed by atoms with Gasteiger partial charge in [0.15, 0.2) is 0 Å². The number of carboxylic acids is 2. The molecule has 1 saturated heterocycles. The Kier molecular flexibility index (Phi) is 7.31. The topological polar surface area (TPSA) is 137 Å². The highest BCUT2D eigenvalue weighted by Crippen LogP contribution is 2.24. The minimum atomic E-state index is -1.82. The van der Waals surface area contributed by atoms with Gasteiger partial charge in [-0.25, -0.2) is 19.6 Å². The highest BCUT2D eigenvalue weighted by Gasteiger charge is 2.28. The Hall–Kier alpha value is -3.92. The lowest BCUT2D eigenvalue weighted by Crippen LogP contribution is -2.39. The summed E-state index contributed by atoms with van der Waals surface area (Å²) < 4.78 is 2.36. The van der Waals surface area contributed by atoms with Gasteiger partial charge in [0.05, 0.1) is 23.3 Å². The molecule has 1 amide bonds. The number of aromatic nitrogens is 2. The second-order valence-corrected chi connectivity index (χ2v) is 8.71. The van der Waals surface area contributed by atoms with E-state index in [-0.39, 0.29) is 11.8 Å². The van der Waals surface area contributed by atoms with E-state index in [1.54, 1.807) is 0 Å². The molecule has 10 heteroatoms. The minimum absolute atomic E-state index is 0.0945. The van der Waals surface area contributed by atoms with E-state index in [9.17, 15) is 4.79 Å². The number of aryl methyl sites for hydroxylation is 1. The summed E-state index contributed by atoms with van der Waals surface area (Å²) in [5, 5.41) is 14.8. The number of piperidine rings is 1. The monoisotopic (exact) mass is 477 g/mol. The number of carboxylic acid groups (broad SMARTS) is 2.